The van der Waals surface area contributed by atoms with Crippen LogP contribution in [0.4, 0.5) is 5.95 Å². The molecule has 2 N–H and O–H groups in total. The maximum atomic E-state index is 12.3. The first kappa shape index (κ1) is 14.6. The van der Waals surface area contributed by atoms with Crippen LogP contribution in [0.1, 0.15) is 23.7 Å². The van der Waals surface area contributed by atoms with Gasteiger partial charge in [0.2, 0.25) is 5.95 Å². The van der Waals surface area contributed by atoms with Crippen molar-refractivity contribution in [2.24, 2.45) is 0 Å². The molecule has 7 heteroatoms. The number of aromatic nitrogens is 4. The molecule has 0 aliphatic carbocycles. The van der Waals surface area contributed by atoms with Crippen LogP contribution >= 0.6 is 11.6 Å². The van der Waals surface area contributed by atoms with E-state index >= 15 is 0 Å². The van der Waals surface area contributed by atoms with E-state index in [4.69, 9.17) is 11.6 Å². The molecule has 0 saturated carbocycles. The number of hydrogen-bond acceptors (Lipinski definition) is 4. The van der Waals surface area contributed by atoms with Crippen LogP contribution in [0.5, 0.6) is 0 Å². The Bertz CT molecular complexity index is 883. The standard InChI is InChI=1S/C15H16ClN5O/c1-3-11-9(2)18-15-19-14(20-21(15)13(11)22)17-8-10-6-4-5-7-12(10)16/h4-7H,3,8H2,1-2H3,(H2,17,18,19,20). The molecule has 22 heavy (non-hydrogen) atoms. The van der Waals surface area contributed by atoms with Crippen molar-refractivity contribution in [2.45, 2.75) is 26.8 Å². The Hall–Kier alpha value is -2.34. The number of aromatic amines is 1. The van der Waals surface area contributed by atoms with Gasteiger partial charge in [-0.05, 0) is 25.0 Å². The molecule has 0 aliphatic rings. The quantitative estimate of drug-likeness (QED) is 0.775. The molecule has 3 aromatic rings. The predicted octanol–water partition coefficient (Wildman–Crippen LogP) is 2.55. The Balaban J connectivity index is 1.91. The Morgan fingerprint density at radius 2 is 2.09 bits per heavy atom. The number of anilines is 1. The van der Waals surface area contributed by atoms with Crippen LogP contribution in [0.15, 0.2) is 29.1 Å². The van der Waals surface area contributed by atoms with Gasteiger partial charge in [-0.25, -0.2) is 4.98 Å². The van der Waals surface area contributed by atoms with Gasteiger partial charge < -0.3 is 5.32 Å². The third kappa shape index (κ3) is 2.57. The Morgan fingerprint density at radius 1 is 1.32 bits per heavy atom. The van der Waals surface area contributed by atoms with Gasteiger partial charge in [-0.3, -0.25) is 9.89 Å². The summed E-state index contributed by atoms with van der Waals surface area (Å²) in [6.07, 6.45) is 0.641. The highest BCUT2D eigenvalue weighted by Crippen LogP contribution is 2.16. The van der Waals surface area contributed by atoms with Gasteiger partial charge in [-0.15, -0.1) is 0 Å². The summed E-state index contributed by atoms with van der Waals surface area (Å²) in [7, 11) is 0. The summed E-state index contributed by atoms with van der Waals surface area (Å²) in [6, 6.07) is 7.57. The number of halogens is 1. The van der Waals surface area contributed by atoms with Crippen molar-refractivity contribution >= 4 is 23.3 Å². The van der Waals surface area contributed by atoms with Gasteiger partial charge >= 0.3 is 0 Å². The zero-order valence-corrected chi connectivity index (χ0v) is 13.1. The highest BCUT2D eigenvalue weighted by atomic mass is 35.5. The van der Waals surface area contributed by atoms with E-state index in [9.17, 15) is 4.79 Å². The summed E-state index contributed by atoms with van der Waals surface area (Å²) in [5, 5.41) is 6.74. The summed E-state index contributed by atoms with van der Waals surface area (Å²) in [5.41, 5.74) is 2.26. The van der Waals surface area contributed by atoms with Crippen LogP contribution in [0, 0.1) is 6.92 Å². The molecule has 0 atom stereocenters. The Morgan fingerprint density at radius 3 is 2.82 bits per heavy atom. The molecule has 0 fully saturated rings. The van der Waals surface area contributed by atoms with Crippen molar-refractivity contribution in [3.63, 3.8) is 0 Å². The fraction of sp³-hybridized carbons (Fsp3) is 0.267. The maximum Gasteiger partial charge on any atom is 0.277 e. The number of H-pyrrole nitrogens is 1. The number of benzene rings is 1. The van der Waals surface area contributed by atoms with Crippen LogP contribution < -0.4 is 10.9 Å². The monoisotopic (exact) mass is 317 g/mol. The highest BCUT2D eigenvalue weighted by Gasteiger charge is 2.11. The summed E-state index contributed by atoms with van der Waals surface area (Å²) in [4.78, 5) is 21.0. The van der Waals surface area contributed by atoms with Crippen molar-refractivity contribution in [1.29, 1.82) is 0 Å². The number of hydrogen-bond donors (Lipinski definition) is 2. The third-order valence-corrected chi connectivity index (χ3v) is 3.92. The van der Waals surface area contributed by atoms with Gasteiger partial charge in [0.15, 0.2) is 0 Å². The minimum atomic E-state index is -0.108. The second-order valence-electron chi connectivity index (χ2n) is 4.99. The van der Waals surface area contributed by atoms with Crippen LogP contribution in [0.25, 0.3) is 5.78 Å². The zero-order chi connectivity index (χ0) is 15.7. The highest BCUT2D eigenvalue weighted by molar-refractivity contribution is 6.31. The first-order valence-corrected chi connectivity index (χ1v) is 7.43. The van der Waals surface area contributed by atoms with Crippen LogP contribution in [-0.4, -0.2) is 19.6 Å². The second-order valence-corrected chi connectivity index (χ2v) is 5.39. The minimum absolute atomic E-state index is 0.108. The number of nitrogens with zero attached hydrogens (tertiary/aromatic N) is 3. The topological polar surface area (TPSA) is 75.1 Å². The van der Waals surface area contributed by atoms with Crippen LogP contribution in [-0.2, 0) is 13.0 Å². The molecule has 3 rings (SSSR count). The van der Waals surface area contributed by atoms with E-state index in [0.717, 1.165) is 11.3 Å². The lowest BCUT2D eigenvalue weighted by molar-refractivity contribution is 0.851. The van der Waals surface area contributed by atoms with E-state index in [-0.39, 0.29) is 5.56 Å². The van der Waals surface area contributed by atoms with E-state index in [0.29, 0.717) is 35.3 Å². The van der Waals surface area contributed by atoms with E-state index in [1.165, 1.54) is 4.52 Å². The molecule has 1 aromatic carbocycles. The molecule has 0 unspecified atom stereocenters. The van der Waals surface area contributed by atoms with Crippen LogP contribution in [0.2, 0.25) is 5.02 Å². The average molecular weight is 318 g/mol. The molecular weight excluding hydrogens is 302 g/mol. The van der Waals surface area contributed by atoms with E-state index in [1.807, 2.05) is 38.1 Å². The van der Waals surface area contributed by atoms with Crippen molar-refractivity contribution < 1.29 is 0 Å². The largest absolute Gasteiger partial charge is 0.350 e. The molecule has 0 spiro atoms. The summed E-state index contributed by atoms with van der Waals surface area (Å²) in [5.74, 6) is 0.846. The first-order valence-electron chi connectivity index (χ1n) is 7.05. The Labute approximate surface area is 132 Å². The summed E-state index contributed by atoms with van der Waals surface area (Å²) < 4.78 is 1.36. The zero-order valence-electron chi connectivity index (χ0n) is 12.4. The molecule has 0 aliphatic heterocycles. The van der Waals surface area contributed by atoms with E-state index < -0.39 is 0 Å². The van der Waals surface area contributed by atoms with Gasteiger partial charge in [0.05, 0.1) is 5.69 Å². The Kier molecular flexibility index (Phi) is 3.85. The van der Waals surface area contributed by atoms with Gasteiger partial charge in [0.1, 0.15) is 0 Å². The molecule has 2 aromatic heterocycles. The predicted molar refractivity (Wildman–Crippen MR) is 86.5 cm³/mol. The van der Waals surface area contributed by atoms with Crippen molar-refractivity contribution in [2.75, 3.05) is 5.32 Å². The molecule has 2 heterocycles. The van der Waals surface area contributed by atoms with Gasteiger partial charge in [-0.2, -0.15) is 9.50 Å². The number of fused-ring (bicyclic) bond motifs is 1. The molecule has 6 nitrogen and oxygen atoms in total. The third-order valence-electron chi connectivity index (χ3n) is 3.55. The summed E-state index contributed by atoms with van der Waals surface area (Å²) >= 11 is 6.12. The molecule has 114 valence electrons. The lowest BCUT2D eigenvalue weighted by atomic mass is 10.2. The lowest BCUT2D eigenvalue weighted by Crippen LogP contribution is -2.21. The van der Waals surface area contributed by atoms with E-state index in [1.54, 1.807) is 0 Å². The number of nitrogens with one attached hydrogen (secondary N) is 2. The molecular formula is C15H16ClN5O. The van der Waals surface area contributed by atoms with Crippen LogP contribution in [0.3, 0.4) is 0 Å². The smallest absolute Gasteiger partial charge is 0.277 e. The SMILES string of the molecule is CCc1c(C)nc2nc(NCc3ccccc3Cl)[nH]n2c1=O. The molecule has 0 saturated heterocycles. The molecule has 0 radical (unpaired) electrons. The number of aryl methyl sites for hydroxylation is 1. The van der Waals surface area contributed by atoms with Gasteiger partial charge in [0.25, 0.3) is 11.3 Å². The van der Waals surface area contributed by atoms with Gasteiger partial charge in [0, 0.05) is 17.1 Å². The molecule has 0 amide bonds. The normalized spacial score (nSPS) is 11.0. The maximum absolute atomic E-state index is 12.3. The minimum Gasteiger partial charge on any atom is -0.350 e. The van der Waals surface area contributed by atoms with E-state index in [2.05, 4.69) is 20.4 Å². The fourth-order valence-electron chi connectivity index (χ4n) is 2.36. The first-order chi connectivity index (χ1) is 10.6. The lowest BCUT2D eigenvalue weighted by Gasteiger charge is -2.04. The fourth-order valence-corrected chi connectivity index (χ4v) is 2.56. The summed E-state index contributed by atoms with van der Waals surface area (Å²) in [6.45, 7) is 4.27. The van der Waals surface area contributed by atoms with Crippen molar-refractivity contribution in [1.82, 2.24) is 19.6 Å². The molecule has 0 bridgehead atoms. The average Bonchev–Trinajstić information content (AvgIpc) is 2.90. The second kappa shape index (κ2) is 5.81. The number of rotatable bonds is 4. The van der Waals surface area contributed by atoms with Gasteiger partial charge in [-0.1, -0.05) is 36.7 Å². The van der Waals surface area contributed by atoms with Crippen molar-refractivity contribution in [3.8, 4) is 0 Å². The van der Waals surface area contributed by atoms with Crippen molar-refractivity contribution in [3.05, 3.63) is 56.5 Å².